The molecule has 0 aliphatic carbocycles. The Kier molecular flexibility index (Phi) is 3.54. The zero-order valence-corrected chi connectivity index (χ0v) is 14.6. The molecule has 0 amide bonds. The number of hydrogen-bond donors (Lipinski definition) is 2. The lowest BCUT2D eigenvalue weighted by molar-refractivity contribution is -0.387. The summed E-state index contributed by atoms with van der Waals surface area (Å²) in [6.45, 7) is 0. The molecule has 120 valence electrons. The third-order valence-electron chi connectivity index (χ3n) is 3.12. The molecular formula is C11H5BrN8O2S2. The highest BCUT2D eigenvalue weighted by atomic mass is 79.9. The van der Waals surface area contributed by atoms with Gasteiger partial charge in [-0.05, 0) is 27.7 Å². The van der Waals surface area contributed by atoms with E-state index in [1.807, 2.05) is 0 Å². The van der Waals surface area contributed by atoms with E-state index >= 15 is 0 Å². The van der Waals surface area contributed by atoms with Crippen LogP contribution in [0.3, 0.4) is 0 Å². The quantitative estimate of drug-likeness (QED) is 0.373. The molecule has 10 nitrogen and oxygen atoms in total. The Hall–Kier alpha value is -2.38. The van der Waals surface area contributed by atoms with E-state index in [1.165, 1.54) is 12.4 Å². The van der Waals surface area contributed by atoms with Gasteiger partial charge in [-0.15, -0.1) is 0 Å². The maximum atomic E-state index is 11.4. The highest BCUT2D eigenvalue weighted by molar-refractivity contribution is 9.10. The summed E-state index contributed by atoms with van der Waals surface area (Å²) in [5.41, 5.74) is 7.54. The fraction of sp³-hybridized carbons (Fsp3) is 0. The van der Waals surface area contributed by atoms with Gasteiger partial charge in [0.1, 0.15) is 27.8 Å². The fourth-order valence-electron chi connectivity index (χ4n) is 2.08. The number of imidazole rings is 1. The molecule has 0 saturated heterocycles. The number of aromatic amines is 1. The number of nitro groups is 1. The average Bonchev–Trinajstić information content (AvgIpc) is 3.17. The van der Waals surface area contributed by atoms with Crippen molar-refractivity contribution in [2.45, 2.75) is 10.1 Å². The van der Waals surface area contributed by atoms with Gasteiger partial charge in [-0.2, -0.15) is 8.75 Å². The molecule has 4 rings (SSSR count). The second kappa shape index (κ2) is 5.61. The first-order chi connectivity index (χ1) is 11.5. The van der Waals surface area contributed by atoms with E-state index in [1.54, 1.807) is 0 Å². The monoisotopic (exact) mass is 424 g/mol. The first-order valence-corrected chi connectivity index (χ1v) is 8.61. The number of nitrogens with two attached hydrogens (primary N) is 1. The van der Waals surface area contributed by atoms with Crippen LogP contribution in [-0.2, 0) is 0 Å². The van der Waals surface area contributed by atoms with Crippen molar-refractivity contribution in [2.24, 2.45) is 0 Å². The third kappa shape index (κ3) is 2.37. The fourth-order valence-corrected chi connectivity index (χ4v) is 4.27. The molecule has 0 atom stereocenters. The van der Waals surface area contributed by atoms with Crippen LogP contribution in [0, 0.1) is 10.1 Å². The van der Waals surface area contributed by atoms with Crippen molar-refractivity contribution in [2.75, 3.05) is 5.73 Å². The number of fused-ring (bicyclic) bond motifs is 2. The van der Waals surface area contributed by atoms with Crippen molar-refractivity contribution in [1.29, 1.82) is 0 Å². The van der Waals surface area contributed by atoms with Crippen LogP contribution in [0.5, 0.6) is 0 Å². The van der Waals surface area contributed by atoms with Gasteiger partial charge in [-0.1, -0.05) is 0 Å². The zero-order valence-electron chi connectivity index (χ0n) is 11.4. The van der Waals surface area contributed by atoms with E-state index in [9.17, 15) is 10.1 Å². The number of halogens is 1. The highest BCUT2D eigenvalue weighted by Gasteiger charge is 2.24. The Morgan fingerprint density at radius 2 is 2.12 bits per heavy atom. The van der Waals surface area contributed by atoms with E-state index in [4.69, 9.17) is 5.73 Å². The lowest BCUT2D eigenvalue weighted by Gasteiger charge is -2.02. The van der Waals surface area contributed by atoms with Gasteiger partial charge in [-0.25, -0.2) is 15.0 Å². The van der Waals surface area contributed by atoms with Gasteiger partial charge in [0.05, 0.1) is 21.1 Å². The summed E-state index contributed by atoms with van der Waals surface area (Å²) < 4.78 is 8.84. The van der Waals surface area contributed by atoms with Crippen molar-refractivity contribution in [3.05, 3.63) is 27.0 Å². The molecule has 0 bridgehead atoms. The standard InChI is InChI=1S/C11H5BrN8O2S2/c12-3-1-4(20(21)22)8(6-5(3)18-24-19-6)23-11-16-7-9(13)14-2-15-10(7)17-11/h1-2H,(H3,13,14,15,16,17). The number of rotatable bonds is 3. The SMILES string of the molecule is Nc1ncnc2nc(Sc3c([N+](=O)[O-])cc(Br)c4nsnc34)[nH]c12. The molecular weight excluding hydrogens is 420 g/mol. The minimum Gasteiger partial charge on any atom is -0.382 e. The number of nitrogens with one attached hydrogen (secondary N) is 1. The van der Waals surface area contributed by atoms with Gasteiger partial charge in [0.15, 0.2) is 16.6 Å². The van der Waals surface area contributed by atoms with E-state index in [0.29, 0.717) is 36.7 Å². The van der Waals surface area contributed by atoms with Crippen LogP contribution in [-0.4, -0.2) is 33.6 Å². The summed E-state index contributed by atoms with van der Waals surface area (Å²) in [6.07, 6.45) is 1.30. The summed E-state index contributed by atoms with van der Waals surface area (Å²) in [6, 6.07) is 1.41. The number of nitrogens with zero attached hydrogens (tertiary/aromatic N) is 6. The van der Waals surface area contributed by atoms with Crippen molar-refractivity contribution >= 4 is 73.1 Å². The van der Waals surface area contributed by atoms with Gasteiger partial charge in [0.2, 0.25) is 0 Å². The predicted octanol–water partition coefficient (Wildman–Crippen LogP) is 2.76. The maximum absolute atomic E-state index is 11.4. The number of nitrogen functional groups attached to an aromatic ring is 1. The van der Waals surface area contributed by atoms with Crippen molar-refractivity contribution in [3.63, 3.8) is 0 Å². The molecule has 0 aliphatic rings. The van der Waals surface area contributed by atoms with Gasteiger partial charge in [0.25, 0.3) is 5.69 Å². The molecule has 0 aliphatic heterocycles. The second-order valence-electron chi connectivity index (χ2n) is 4.53. The van der Waals surface area contributed by atoms with Crippen LogP contribution >= 0.6 is 39.4 Å². The molecule has 13 heteroatoms. The van der Waals surface area contributed by atoms with Crippen LogP contribution in [0.4, 0.5) is 11.5 Å². The number of benzene rings is 1. The highest BCUT2D eigenvalue weighted by Crippen LogP contribution is 2.41. The van der Waals surface area contributed by atoms with Gasteiger partial charge >= 0.3 is 0 Å². The van der Waals surface area contributed by atoms with E-state index in [-0.39, 0.29) is 11.5 Å². The Bertz CT molecular complexity index is 1110. The zero-order chi connectivity index (χ0) is 16.8. The molecule has 4 aromatic rings. The molecule has 3 N–H and O–H groups in total. The number of H-pyrrole nitrogens is 1. The molecule has 0 unspecified atom stereocenters. The first-order valence-electron chi connectivity index (χ1n) is 6.28. The van der Waals surface area contributed by atoms with E-state index in [0.717, 1.165) is 23.5 Å². The maximum Gasteiger partial charge on any atom is 0.286 e. The topological polar surface area (TPSA) is 149 Å². The molecule has 0 fully saturated rings. The number of nitro benzene ring substituents is 1. The Morgan fingerprint density at radius 3 is 2.88 bits per heavy atom. The number of anilines is 1. The van der Waals surface area contributed by atoms with Gasteiger partial charge in [-0.3, -0.25) is 10.1 Å². The summed E-state index contributed by atoms with van der Waals surface area (Å²) in [4.78, 5) is 26.4. The second-order valence-corrected chi connectivity index (χ2v) is 6.91. The lowest BCUT2D eigenvalue weighted by atomic mass is 10.3. The summed E-state index contributed by atoms with van der Waals surface area (Å²) >= 11 is 5.34. The van der Waals surface area contributed by atoms with Crippen LogP contribution < -0.4 is 5.73 Å². The molecule has 3 heterocycles. The van der Waals surface area contributed by atoms with E-state index in [2.05, 4.69) is 44.6 Å². The summed E-state index contributed by atoms with van der Waals surface area (Å²) in [5.74, 6) is 0.255. The van der Waals surface area contributed by atoms with Crippen LogP contribution in [0.15, 0.2) is 26.9 Å². The first kappa shape index (κ1) is 15.2. The largest absolute Gasteiger partial charge is 0.382 e. The Labute approximate surface area is 149 Å². The number of aromatic nitrogens is 6. The summed E-state index contributed by atoms with van der Waals surface area (Å²) in [7, 11) is 0. The Balaban J connectivity index is 1.90. The molecule has 3 aromatic heterocycles. The normalized spacial score (nSPS) is 11.4. The number of hydrogen-bond acceptors (Lipinski definition) is 10. The minimum atomic E-state index is -0.470. The van der Waals surface area contributed by atoms with Crippen molar-refractivity contribution in [3.8, 4) is 0 Å². The van der Waals surface area contributed by atoms with Crippen molar-refractivity contribution in [1.82, 2.24) is 28.7 Å². The van der Waals surface area contributed by atoms with Gasteiger partial charge < -0.3 is 10.7 Å². The van der Waals surface area contributed by atoms with Crippen LogP contribution in [0.2, 0.25) is 0 Å². The van der Waals surface area contributed by atoms with Gasteiger partial charge in [0, 0.05) is 6.07 Å². The molecule has 1 aromatic carbocycles. The Morgan fingerprint density at radius 1 is 1.33 bits per heavy atom. The van der Waals surface area contributed by atoms with Crippen LogP contribution in [0.1, 0.15) is 0 Å². The minimum absolute atomic E-state index is 0.0911. The molecule has 0 spiro atoms. The van der Waals surface area contributed by atoms with Crippen LogP contribution in [0.25, 0.3) is 22.2 Å². The smallest absolute Gasteiger partial charge is 0.286 e. The molecule has 0 saturated carbocycles. The van der Waals surface area contributed by atoms with E-state index < -0.39 is 4.92 Å². The molecule has 24 heavy (non-hydrogen) atoms. The lowest BCUT2D eigenvalue weighted by Crippen LogP contribution is -1.93. The third-order valence-corrected chi connectivity index (χ3v) is 5.24. The summed E-state index contributed by atoms with van der Waals surface area (Å²) in [5, 5.41) is 11.8. The molecule has 0 radical (unpaired) electrons. The average molecular weight is 425 g/mol. The predicted molar refractivity (Wildman–Crippen MR) is 92.0 cm³/mol. The van der Waals surface area contributed by atoms with Crippen molar-refractivity contribution < 1.29 is 4.92 Å².